The molecule has 1 aliphatic rings. The van der Waals surface area contributed by atoms with Crippen LogP contribution in [0.25, 0.3) is 0 Å². The molecule has 0 amide bonds. The molecule has 0 bridgehead atoms. The van der Waals surface area contributed by atoms with Gasteiger partial charge in [0.1, 0.15) is 0 Å². The molecule has 3 unspecified atom stereocenters. The molecule has 0 aliphatic heterocycles. The van der Waals surface area contributed by atoms with Crippen LogP contribution in [0, 0.1) is 11.8 Å². The molecule has 1 aliphatic carbocycles. The van der Waals surface area contributed by atoms with E-state index in [1.54, 1.807) is 16.7 Å². The lowest BCUT2D eigenvalue weighted by Crippen LogP contribution is -2.36. The highest BCUT2D eigenvalue weighted by Crippen LogP contribution is 2.30. The molecule has 94 valence electrons. The van der Waals surface area contributed by atoms with E-state index < -0.39 is 0 Å². The van der Waals surface area contributed by atoms with E-state index in [4.69, 9.17) is 0 Å². The third-order valence-corrected chi connectivity index (χ3v) is 4.12. The van der Waals surface area contributed by atoms with E-state index in [0.29, 0.717) is 6.04 Å². The fourth-order valence-electron chi connectivity index (χ4n) is 2.67. The Morgan fingerprint density at radius 1 is 1.35 bits per heavy atom. The number of nitrogens with one attached hydrogen (secondary N) is 1. The molecule has 1 aromatic heterocycles. The lowest BCUT2D eigenvalue weighted by atomic mass is 9.98. The van der Waals surface area contributed by atoms with Crippen molar-refractivity contribution < 1.29 is 0 Å². The van der Waals surface area contributed by atoms with Crippen LogP contribution in [-0.2, 0) is 6.54 Å². The van der Waals surface area contributed by atoms with Crippen LogP contribution in [-0.4, -0.2) is 17.2 Å². The summed E-state index contributed by atoms with van der Waals surface area (Å²) < 4.78 is 1.76. The van der Waals surface area contributed by atoms with Gasteiger partial charge in [-0.3, -0.25) is 4.79 Å². The summed E-state index contributed by atoms with van der Waals surface area (Å²) in [5, 5.41) is 3.58. The molecule has 1 heterocycles. The van der Waals surface area contributed by atoms with Crippen LogP contribution in [0.4, 0.5) is 0 Å². The van der Waals surface area contributed by atoms with Crippen molar-refractivity contribution in [2.24, 2.45) is 11.8 Å². The Kier molecular flexibility index (Phi) is 4.00. The molecule has 0 radical (unpaired) electrons. The SMILES string of the molecule is CC1CCC(NCCn2ccccc2=O)C1C. The molecule has 0 spiro atoms. The van der Waals surface area contributed by atoms with Gasteiger partial charge in [0.15, 0.2) is 0 Å². The molecule has 0 aromatic carbocycles. The van der Waals surface area contributed by atoms with Gasteiger partial charge in [0, 0.05) is 31.4 Å². The van der Waals surface area contributed by atoms with Gasteiger partial charge in [0.2, 0.25) is 0 Å². The summed E-state index contributed by atoms with van der Waals surface area (Å²) in [5.74, 6) is 1.58. The minimum absolute atomic E-state index is 0.0853. The Hall–Kier alpha value is -1.09. The Morgan fingerprint density at radius 3 is 2.82 bits per heavy atom. The minimum Gasteiger partial charge on any atom is -0.314 e. The zero-order valence-electron chi connectivity index (χ0n) is 10.7. The second kappa shape index (κ2) is 5.50. The highest BCUT2D eigenvalue weighted by atomic mass is 16.1. The molecule has 2 rings (SSSR count). The second-order valence-corrected chi connectivity index (χ2v) is 5.21. The van der Waals surface area contributed by atoms with Gasteiger partial charge in [-0.25, -0.2) is 0 Å². The first-order valence-corrected chi connectivity index (χ1v) is 6.57. The van der Waals surface area contributed by atoms with Gasteiger partial charge in [-0.05, 0) is 30.7 Å². The molecule has 3 atom stereocenters. The van der Waals surface area contributed by atoms with Crippen molar-refractivity contribution in [2.45, 2.75) is 39.3 Å². The second-order valence-electron chi connectivity index (χ2n) is 5.21. The van der Waals surface area contributed by atoms with Gasteiger partial charge in [-0.15, -0.1) is 0 Å². The molecular weight excluding hydrogens is 212 g/mol. The first-order valence-electron chi connectivity index (χ1n) is 6.57. The van der Waals surface area contributed by atoms with Crippen LogP contribution in [0.5, 0.6) is 0 Å². The summed E-state index contributed by atoms with van der Waals surface area (Å²) in [4.78, 5) is 11.5. The average Bonchev–Trinajstić information content (AvgIpc) is 2.63. The number of aromatic nitrogens is 1. The Balaban J connectivity index is 1.81. The first kappa shape index (κ1) is 12.4. The maximum absolute atomic E-state index is 11.5. The van der Waals surface area contributed by atoms with Crippen molar-refractivity contribution in [1.29, 1.82) is 0 Å². The van der Waals surface area contributed by atoms with Crippen LogP contribution in [0.3, 0.4) is 0 Å². The van der Waals surface area contributed by atoms with Crippen LogP contribution >= 0.6 is 0 Å². The first-order chi connectivity index (χ1) is 8.18. The maximum atomic E-state index is 11.5. The van der Waals surface area contributed by atoms with E-state index in [-0.39, 0.29) is 5.56 Å². The average molecular weight is 234 g/mol. The van der Waals surface area contributed by atoms with Crippen molar-refractivity contribution in [3.63, 3.8) is 0 Å². The number of rotatable bonds is 4. The van der Waals surface area contributed by atoms with Crippen LogP contribution < -0.4 is 10.9 Å². The van der Waals surface area contributed by atoms with Gasteiger partial charge in [0.05, 0.1) is 0 Å². The van der Waals surface area contributed by atoms with Gasteiger partial charge in [0.25, 0.3) is 5.56 Å². The lowest BCUT2D eigenvalue weighted by Gasteiger charge is -2.19. The monoisotopic (exact) mass is 234 g/mol. The Labute approximate surface area is 103 Å². The predicted octanol–water partition coefficient (Wildman–Crippen LogP) is 1.87. The fourth-order valence-corrected chi connectivity index (χ4v) is 2.67. The quantitative estimate of drug-likeness (QED) is 0.863. The zero-order valence-corrected chi connectivity index (χ0v) is 10.7. The number of hydrogen-bond donors (Lipinski definition) is 1. The largest absolute Gasteiger partial charge is 0.314 e. The van der Waals surface area contributed by atoms with Crippen molar-refractivity contribution in [1.82, 2.24) is 9.88 Å². The normalized spacial score (nSPS) is 28.5. The molecule has 1 aromatic rings. The van der Waals surface area contributed by atoms with E-state index in [2.05, 4.69) is 19.2 Å². The summed E-state index contributed by atoms with van der Waals surface area (Å²) in [6, 6.07) is 5.93. The van der Waals surface area contributed by atoms with Crippen molar-refractivity contribution in [2.75, 3.05) is 6.54 Å². The van der Waals surface area contributed by atoms with E-state index in [9.17, 15) is 4.79 Å². The molecule has 1 fully saturated rings. The summed E-state index contributed by atoms with van der Waals surface area (Å²) in [6.07, 6.45) is 4.45. The molecule has 3 heteroatoms. The number of nitrogens with zero attached hydrogens (tertiary/aromatic N) is 1. The van der Waals surface area contributed by atoms with E-state index in [1.807, 2.05) is 12.3 Å². The van der Waals surface area contributed by atoms with Crippen LogP contribution in [0.1, 0.15) is 26.7 Å². The molecule has 1 N–H and O–H groups in total. The van der Waals surface area contributed by atoms with Crippen LogP contribution in [0.15, 0.2) is 29.2 Å². The fraction of sp³-hybridized carbons (Fsp3) is 0.643. The topological polar surface area (TPSA) is 34.0 Å². The predicted molar refractivity (Wildman–Crippen MR) is 70.1 cm³/mol. The maximum Gasteiger partial charge on any atom is 0.250 e. The summed E-state index contributed by atoms with van der Waals surface area (Å²) in [7, 11) is 0. The van der Waals surface area contributed by atoms with Gasteiger partial charge in [-0.2, -0.15) is 0 Å². The highest BCUT2D eigenvalue weighted by molar-refractivity contribution is 4.93. The molecule has 17 heavy (non-hydrogen) atoms. The van der Waals surface area contributed by atoms with Gasteiger partial charge < -0.3 is 9.88 Å². The highest BCUT2D eigenvalue weighted by Gasteiger charge is 2.28. The smallest absolute Gasteiger partial charge is 0.250 e. The molecule has 3 nitrogen and oxygen atoms in total. The van der Waals surface area contributed by atoms with E-state index >= 15 is 0 Å². The number of pyridine rings is 1. The van der Waals surface area contributed by atoms with E-state index in [1.165, 1.54) is 12.8 Å². The summed E-state index contributed by atoms with van der Waals surface area (Å²) in [6.45, 7) is 6.29. The summed E-state index contributed by atoms with van der Waals surface area (Å²) in [5.41, 5.74) is 0.0853. The molecule has 1 saturated carbocycles. The van der Waals surface area contributed by atoms with E-state index in [0.717, 1.165) is 24.9 Å². The van der Waals surface area contributed by atoms with Crippen molar-refractivity contribution in [3.05, 3.63) is 34.7 Å². The molecule has 0 saturated heterocycles. The zero-order chi connectivity index (χ0) is 12.3. The Bertz CT molecular complexity index is 413. The molecular formula is C14H22N2O. The minimum atomic E-state index is 0.0853. The summed E-state index contributed by atoms with van der Waals surface area (Å²) >= 11 is 0. The van der Waals surface area contributed by atoms with Gasteiger partial charge in [-0.1, -0.05) is 19.9 Å². The van der Waals surface area contributed by atoms with Crippen LogP contribution in [0.2, 0.25) is 0 Å². The lowest BCUT2D eigenvalue weighted by molar-refractivity contribution is 0.365. The van der Waals surface area contributed by atoms with Crippen molar-refractivity contribution in [3.8, 4) is 0 Å². The van der Waals surface area contributed by atoms with Gasteiger partial charge >= 0.3 is 0 Å². The number of hydrogen-bond acceptors (Lipinski definition) is 2. The standard InChI is InChI=1S/C14H22N2O/c1-11-6-7-13(12(11)2)15-8-10-16-9-4-3-5-14(16)17/h3-5,9,11-13,15H,6-8,10H2,1-2H3. The Morgan fingerprint density at radius 2 is 2.18 bits per heavy atom. The van der Waals surface area contributed by atoms with Crippen molar-refractivity contribution >= 4 is 0 Å². The third-order valence-electron chi connectivity index (χ3n) is 4.12. The third kappa shape index (κ3) is 2.97.